The van der Waals surface area contributed by atoms with Crippen LogP contribution in [0.3, 0.4) is 0 Å². The Morgan fingerprint density at radius 1 is 1.25 bits per heavy atom. The van der Waals surface area contributed by atoms with E-state index in [1.165, 1.54) is 11.2 Å². The third-order valence-electron chi connectivity index (χ3n) is 5.57. The average molecular weight is 558 g/mol. The fraction of sp³-hybridized carbons (Fsp3) is 0.375. The number of nitrogens with zero attached hydrogens (tertiary/aromatic N) is 5. The van der Waals surface area contributed by atoms with Crippen LogP contribution in [0.2, 0.25) is 0 Å². The highest BCUT2D eigenvalue weighted by atomic mass is 79.9. The van der Waals surface area contributed by atoms with Crippen molar-refractivity contribution in [3.63, 3.8) is 0 Å². The van der Waals surface area contributed by atoms with Gasteiger partial charge in [-0.1, -0.05) is 0 Å². The number of hydrogen-bond acceptors (Lipinski definition) is 8. The summed E-state index contributed by atoms with van der Waals surface area (Å²) in [6, 6.07) is 3.40. The Kier molecular flexibility index (Phi) is 7.55. The summed E-state index contributed by atoms with van der Waals surface area (Å²) in [4.78, 5) is 50.5. The van der Waals surface area contributed by atoms with Crippen molar-refractivity contribution < 1.29 is 19.1 Å². The van der Waals surface area contributed by atoms with E-state index < -0.39 is 11.7 Å². The Bertz CT molecular complexity index is 1250. The van der Waals surface area contributed by atoms with E-state index in [0.29, 0.717) is 49.4 Å². The molecule has 1 aliphatic heterocycles. The summed E-state index contributed by atoms with van der Waals surface area (Å²) in [5.74, 6) is -0.276. The Labute approximate surface area is 216 Å². The molecule has 12 heteroatoms. The predicted octanol–water partition coefficient (Wildman–Crippen LogP) is 3.45. The largest absolute Gasteiger partial charge is 0.443 e. The molecule has 190 valence electrons. The summed E-state index contributed by atoms with van der Waals surface area (Å²) in [7, 11) is 0. The number of aldehydes is 1. The lowest BCUT2D eigenvalue weighted by molar-refractivity contribution is -0.114. The number of amides is 2. The molecule has 4 heterocycles. The molecule has 0 unspecified atom stereocenters. The number of carbonyl (C=O) groups is 3. The van der Waals surface area contributed by atoms with Crippen molar-refractivity contribution in [2.45, 2.75) is 26.4 Å². The zero-order valence-corrected chi connectivity index (χ0v) is 21.9. The Morgan fingerprint density at radius 3 is 2.64 bits per heavy atom. The van der Waals surface area contributed by atoms with Crippen LogP contribution in [-0.2, 0) is 9.53 Å². The van der Waals surface area contributed by atoms with Crippen LogP contribution < -0.4 is 10.2 Å². The fourth-order valence-corrected chi connectivity index (χ4v) is 4.56. The van der Waals surface area contributed by atoms with Gasteiger partial charge in [-0.2, -0.15) is 0 Å². The highest BCUT2D eigenvalue weighted by Gasteiger charge is 2.31. The van der Waals surface area contributed by atoms with E-state index >= 15 is 0 Å². The minimum absolute atomic E-state index is 0.0829. The van der Waals surface area contributed by atoms with Gasteiger partial charge in [-0.15, -0.1) is 0 Å². The van der Waals surface area contributed by atoms with Gasteiger partial charge < -0.3 is 24.7 Å². The first-order valence-electron chi connectivity index (χ1n) is 11.5. The van der Waals surface area contributed by atoms with Crippen LogP contribution in [0.1, 0.15) is 31.1 Å². The number of H-pyrrole nitrogens is 1. The van der Waals surface area contributed by atoms with E-state index in [1.54, 1.807) is 51.5 Å². The van der Waals surface area contributed by atoms with Crippen molar-refractivity contribution in [3.8, 4) is 0 Å². The lowest BCUT2D eigenvalue weighted by atomic mass is 10.2. The molecule has 1 fully saturated rings. The zero-order valence-electron chi connectivity index (χ0n) is 20.3. The first kappa shape index (κ1) is 25.6. The maximum absolute atomic E-state index is 12.8. The highest BCUT2D eigenvalue weighted by molar-refractivity contribution is 9.10. The molecule has 3 aromatic heterocycles. The molecule has 36 heavy (non-hydrogen) atoms. The standard InChI is InChI=1S/C24H28BrN7O4/c1-24(2,3)36-23(35)32(11-12-33)31-9-7-30(8-10-31)20-17(25)14-27-21-19(20)18(15-28-21)29-22(34)16-5-4-6-26-13-16/h4-6,12-15H,7-11H2,1-3H3,(H,27,28)(H,29,34). The molecule has 2 N–H and O–H groups in total. The molecule has 0 spiro atoms. The fourth-order valence-electron chi connectivity index (χ4n) is 4.01. The number of pyridine rings is 2. The van der Waals surface area contributed by atoms with Crippen LogP contribution in [0.15, 0.2) is 41.4 Å². The number of rotatable bonds is 6. The van der Waals surface area contributed by atoms with Crippen LogP contribution in [-0.4, -0.2) is 81.6 Å². The van der Waals surface area contributed by atoms with Gasteiger partial charge in [-0.05, 0) is 48.8 Å². The normalized spacial score (nSPS) is 14.5. The minimum atomic E-state index is -0.668. The topological polar surface area (TPSA) is 124 Å². The van der Waals surface area contributed by atoms with Crippen LogP contribution in [0, 0.1) is 0 Å². The molecular weight excluding hydrogens is 530 g/mol. The van der Waals surface area contributed by atoms with Gasteiger partial charge in [-0.3, -0.25) is 9.78 Å². The number of carbonyl (C=O) groups excluding carboxylic acids is 3. The second kappa shape index (κ2) is 10.6. The molecule has 0 aromatic carbocycles. The lowest BCUT2D eigenvalue weighted by Crippen LogP contribution is -2.57. The monoisotopic (exact) mass is 557 g/mol. The van der Waals surface area contributed by atoms with E-state index in [9.17, 15) is 14.4 Å². The maximum Gasteiger partial charge on any atom is 0.425 e. The van der Waals surface area contributed by atoms with Crippen LogP contribution in [0.4, 0.5) is 16.2 Å². The molecule has 0 radical (unpaired) electrons. The summed E-state index contributed by atoms with van der Waals surface area (Å²) in [6.07, 6.45) is 6.69. The van der Waals surface area contributed by atoms with Crippen molar-refractivity contribution in [1.29, 1.82) is 0 Å². The van der Waals surface area contributed by atoms with Crippen molar-refractivity contribution >= 4 is 56.6 Å². The van der Waals surface area contributed by atoms with Gasteiger partial charge in [0.05, 0.1) is 33.3 Å². The van der Waals surface area contributed by atoms with Crippen molar-refractivity contribution in [1.82, 2.24) is 25.0 Å². The van der Waals surface area contributed by atoms with Crippen LogP contribution >= 0.6 is 15.9 Å². The summed E-state index contributed by atoms with van der Waals surface area (Å²) in [6.45, 7) is 7.39. The number of fused-ring (bicyclic) bond motifs is 1. The smallest absolute Gasteiger partial charge is 0.425 e. The molecule has 4 rings (SSSR count). The number of nitrogens with one attached hydrogen (secondary N) is 2. The van der Waals surface area contributed by atoms with E-state index in [0.717, 1.165) is 15.5 Å². The lowest BCUT2D eigenvalue weighted by Gasteiger charge is -2.41. The molecular formula is C24H28BrN7O4. The number of halogens is 1. The number of aromatic amines is 1. The quantitative estimate of drug-likeness (QED) is 0.441. The third-order valence-corrected chi connectivity index (χ3v) is 6.15. The summed E-state index contributed by atoms with van der Waals surface area (Å²) in [5.41, 5.74) is 1.89. The number of hydrazine groups is 1. The van der Waals surface area contributed by atoms with Gasteiger partial charge in [0.25, 0.3) is 5.91 Å². The zero-order chi connectivity index (χ0) is 25.9. The van der Waals surface area contributed by atoms with Crippen molar-refractivity contribution in [3.05, 3.63) is 47.0 Å². The second-order valence-electron chi connectivity index (χ2n) is 9.25. The minimum Gasteiger partial charge on any atom is -0.443 e. The number of aromatic nitrogens is 3. The predicted molar refractivity (Wildman–Crippen MR) is 139 cm³/mol. The Hall–Kier alpha value is -3.51. The first-order valence-corrected chi connectivity index (χ1v) is 12.3. The molecule has 1 saturated heterocycles. The van der Waals surface area contributed by atoms with Gasteiger partial charge in [0.15, 0.2) is 0 Å². The number of anilines is 2. The first-order chi connectivity index (χ1) is 17.2. The number of ether oxygens (including phenoxy) is 1. The molecule has 1 aliphatic rings. The maximum atomic E-state index is 12.8. The van der Waals surface area contributed by atoms with Gasteiger partial charge in [-0.25, -0.2) is 19.8 Å². The van der Waals surface area contributed by atoms with E-state index in [-0.39, 0.29) is 12.5 Å². The molecule has 0 saturated carbocycles. The van der Waals surface area contributed by atoms with Gasteiger partial charge in [0.1, 0.15) is 17.5 Å². The van der Waals surface area contributed by atoms with E-state index in [1.807, 2.05) is 5.01 Å². The third kappa shape index (κ3) is 5.65. The molecule has 3 aromatic rings. The number of hydrogen-bond donors (Lipinski definition) is 2. The van der Waals surface area contributed by atoms with E-state index in [2.05, 4.69) is 41.1 Å². The van der Waals surface area contributed by atoms with Crippen LogP contribution in [0.25, 0.3) is 11.0 Å². The molecule has 0 atom stereocenters. The Morgan fingerprint density at radius 2 is 2.00 bits per heavy atom. The van der Waals surface area contributed by atoms with Gasteiger partial charge in [0.2, 0.25) is 0 Å². The second-order valence-corrected chi connectivity index (χ2v) is 10.1. The Balaban J connectivity index is 1.55. The van der Waals surface area contributed by atoms with Gasteiger partial charge in [0, 0.05) is 51.0 Å². The molecule has 0 aliphatic carbocycles. The average Bonchev–Trinajstić information content (AvgIpc) is 3.24. The SMILES string of the molecule is CC(C)(C)OC(=O)N(CC=O)N1CCN(c2c(Br)cnc3[nH]cc(NC(=O)c4cccnc4)c23)CC1. The molecule has 11 nitrogen and oxygen atoms in total. The highest BCUT2D eigenvalue weighted by Crippen LogP contribution is 2.38. The summed E-state index contributed by atoms with van der Waals surface area (Å²) < 4.78 is 6.26. The summed E-state index contributed by atoms with van der Waals surface area (Å²) >= 11 is 3.62. The van der Waals surface area contributed by atoms with Crippen LogP contribution in [0.5, 0.6) is 0 Å². The summed E-state index contributed by atoms with van der Waals surface area (Å²) in [5, 5.41) is 6.90. The van der Waals surface area contributed by atoms with E-state index in [4.69, 9.17) is 4.74 Å². The van der Waals surface area contributed by atoms with Crippen molar-refractivity contribution in [2.75, 3.05) is 42.9 Å². The van der Waals surface area contributed by atoms with Crippen molar-refractivity contribution in [2.24, 2.45) is 0 Å². The molecule has 0 bridgehead atoms. The number of piperazine rings is 1. The van der Waals surface area contributed by atoms with Gasteiger partial charge >= 0.3 is 6.09 Å². The molecule has 2 amide bonds.